The molecule has 0 spiro atoms. The van der Waals surface area contributed by atoms with Gasteiger partial charge in [-0.3, -0.25) is 4.31 Å². The average molecular weight is 242 g/mol. The Morgan fingerprint density at radius 3 is 3.17 bits per heavy atom. The fourth-order valence-corrected chi connectivity index (χ4v) is 2.20. The number of allylic oxidation sites excluding steroid dienone is 3. The van der Waals surface area contributed by atoms with Crippen molar-refractivity contribution in [1.29, 1.82) is 5.26 Å². The third-order valence-electron chi connectivity index (χ3n) is 1.54. The van der Waals surface area contributed by atoms with Crippen molar-refractivity contribution in [2.75, 3.05) is 0 Å². The number of nitrogens with one attached hydrogen (secondary N) is 1. The van der Waals surface area contributed by atoms with Crippen molar-refractivity contribution in [3.63, 3.8) is 0 Å². The Hall–Kier alpha value is -0.860. The van der Waals surface area contributed by atoms with Gasteiger partial charge in [0.05, 0.1) is 28.0 Å². The maximum Gasteiger partial charge on any atom is 0.101 e. The molecule has 12 heavy (non-hydrogen) atoms. The molecule has 0 aliphatic carbocycles. The highest BCUT2D eigenvalue weighted by molar-refractivity contribution is 9.11. The summed E-state index contributed by atoms with van der Waals surface area (Å²) in [6.07, 6.45) is 5.46. The topological polar surface area (TPSA) is 39.1 Å². The molecule has 0 aromatic rings. The molecular formula is C7H4BrN3S. The van der Waals surface area contributed by atoms with E-state index in [1.54, 1.807) is 6.08 Å². The molecule has 3 nitrogen and oxygen atoms in total. The van der Waals surface area contributed by atoms with Crippen LogP contribution in [0.2, 0.25) is 0 Å². The molecule has 2 rings (SSSR count). The van der Waals surface area contributed by atoms with E-state index >= 15 is 0 Å². The molecular weight excluding hydrogens is 238 g/mol. The van der Waals surface area contributed by atoms with E-state index in [2.05, 4.69) is 26.7 Å². The Bertz CT molecular complexity index is 350. The quantitative estimate of drug-likeness (QED) is 0.521. The zero-order valence-corrected chi connectivity index (χ0v) is 8.32. The molecule has 0 radical (unpaired) electrons. The van der Waals surface area contributed by atoms with Crippen LogP contribution in [-0.2, 0) is 0 Å². The first kappa shape index (κ1) is 7.77. The van der Waals surface area contributed by atoms with Crippen LogP contribution < -0.4 is 4.72 Å². The van der Waals surface area contributed by atoms with Crippen molar-refractivity contribution >= 4 is 28.1 Å². The molecule has 0 saturated carbocycles. The van der Waals surface area contributed by atoms with E-state index in [1.165, 1.54) is 12.1 Å². The Morgan fingerprint density at radius 2 is 2.42 bits per heavy atom. The van der Waals surface area contributed by atoms with Gasteiger partial charge >= 0.3 is 0 Å². The third-order valence-corrected chi connectivity index (χ3v) is 3.19. The van der Waals surface area contributed by atoms with Gasteiger partial charge in [-0.15, -0.1) is 0 Å². The number of rotatable bonds is 0. The van der Waals surface area contributed by atoms with Gasteiger partial charge in [0.25, 0.3) is 0 Å². The van der Waals surface area contributed by atoms with Gasteiger partial charge in [0.1, 0.15) is 6.07 Å². The van der Waals surface area contributed by atoms with Crippen LogP contribution in [0.5, 0.6) is 0 Å². The molecule has 2 heterocycles. The first-order chi connectivity index (χ1) is 5.83. The molecule has 0 atom stereocenters. The summed E-state index contributed by atoms with van der Waals surface area (Å²) in [6, 6.07) is 2.13. The van der Waals surface area contributed by atoms with E-state index < -0.39 is 0 Å². The predicted octanol–water partition coefficient (Wildman–Crippen LogP) is 2.00. The molecule has 60 valence electrons. The minimum Gasteiger partial charge on any atom is -0.316 e. The molecule has 0 bridgehead atoms. The molecule has 2 aliphatic rings. The Labute approximate surface area is 82.8 Å². The van der Waals surface area contributed by atoms with E-state index in [4.69, 9.17) is 5.26 Å². The van der Waals surface area contributed by atoms with Crippen LogP contribution in [0.1, 0.15) is 0 Å². The van der Waals surface area contributed by atoms with Crippen LogP contribution in [0.25, 0.3) is 0 Å². The van der Waals surface area contributed by atoms with Crippen molar-refractivity contribution < 1.29 is 0 Å². The van der Waals surface area contributed by atoms with Gasteiger partial charge in [0.15, 0.2) is 0 Å². The Kier molecular flexibility index (Phi) is 1.87. The SMILES string of the molecule is N#CC1=CC=C(Br)N2SNC=C12. The summed E-state index contributed by atoms with van der Waals surface area (Å²) in [6.45, 7) is 0. The molecule has 1 N–H and O–H groups in total. The average Bonchev–Trinajstić information content (AvgIpc) is 2.54. The lowest BCUT2D eigenvalue weighted by molar-refractivity contribution is 0.781. The van der Waals surface area contributed by atoms with Crippen LogP contribution in [0, 0.1) is 11.3 Å². The van der Waals surface area contributed by atoms with E-state index in [1.807, 2.05) is 16.6 Å². The van der Waals surface area contributed by atoms with Gasteiger partial charge in [-0.2, -0.15) is 5.26 Å². The molecule has 0 aromatic carbocycles. The monoisotopic (exact) mass is 241 g/mol. The molecule has 0 unspecified atom stereocenters. The van der Waals surface area contributed by atoms with E-state index in [0.29, 0.717) is 5.57 Å². The van der Waals surface area contributed by atoms with Crippen LogP contribution >= 0.6 is 28.1 Å². The van der Waals surface area contributed by atoms with Crippen molar-refractivity contribution in [1.82, 2.24) is 9.03 Å². The number of fused-ring (bicyclic) bond motifs is 1. The van der Waals surface area contributed by atoms with Crippen molar-refractivity contribution in [2.24, 2.45) is 0 Å². The second-order valence-electron chi connectivity index (χ2n) is 2.21. The lowest BCUT2D eigenvalue weighted by atomic mass is 10.2. The predicted molar refractivity (Wildman–Crippen MR) is 51.4 cm³/mol. The second kappa shape index (κ2) is 2.88. The van der Waals surface area contributed by atoms with Gasteiger partial charge < -0.3 is 4.72 Å². The minimum absolute atomic E-state index is 0.677. The minimum atomic E-state index is 0.677. The van der Waals surface area contributed by atoms with Crippen LogP contribution in [-0.4, -0.2) is 4.31 Å². The van der Waals surface area contributed by atoms with Crippen molar-refractivity contribution in [2.45, 2.75) is 0 Å². The molecule has 0 saturated heterocycles. The van der Waals surface area contributed by atoms with Crippen molar-refractivity contribution in [3.05, 3.63) is 34.2 Å². The fourth-order valence-electron chi connectivity index (χ4n) is 0.988. The Balaban J connectivity index is 2.45. The fraction of sp³-hybridized carbons (Fsp3) is 0. The third kappa shape index (κ3) is 1.04. The van der Waals surface area contributed by atoms with Gasteiger partial charge in [-0.25, -0.2) is 0 Å². The van der Waals surface area contributed by atoms with E-state index in [-0.39, 0.29) is 0 Å². The van der Waals surface area contributed by atoms with E-state index in [9.17, 15) is 0 Å². The lowest BCUT2D eigenvalue weighted by Crippen LogP contribution is -2.11. The lowest BCUT2D eigenvalue weighted by Gasteiger charge is -2.20. The zero-order chi connectivity index (χ0) is 8.55. The highest BCUT2D eigenvalue weighted by atomic mass is 79.9. The van der Waals surface area contributed by atoms with Gasteiger partial charge in [0.2, 0.25) is 0 Å². The normalized spacial score (nSPS) is 20.0. The zero-order valence-electron chi connectivity index (χ0n) is 5.91. The molecule has 2 aliphatic heterocycles. The molecule has 0 fully saturated rings. The number of hydrogen-bond donors (Lipinski definition) is 1. The largest absolute Gasteiger partial charge is 0.316 e. The van der Waals surface area contributed by atoms with E-state index in [0.717, 1.165) is 10.3 Å². The maximum absolute atomic E-state index is 8.76. The van der Waals surface area contributed by atoms with Crippen LogP contribution in [0.3, 0.4) is 0 Å². The summed E-state index contributed by atoms with van der Waals surface area (Å²) >= 11 is 4.82. The summed E-state index contributed by atoms with van der Waals surface area (Å²) in [4.78, 5) is 0. The Morgan fingerprint density at radius 1 is 1.58 bits per heavy atom. The standard InChI is InChI=1S/C7H4BrN3S/c8-7-2-1-5(3-9)6-4-10-12-11(6)7/h1-2,4,10H. The number of halogens is 1. The van der Waals surface area contributed by atoms with Crippen LogP contribution in [0.15, 0.2) is 34.2 Å². The number of nitrogens with zero attached hydrogens (tertiary/aromatic N) is 2. The first-order valence-electron chi connectivity index (χ1n) is 3.23. The molecule has 0 amide bonds. The smallest absolute Gasteiger partial charge is 0.101 e. The highest BCUT2D eigenvalue weighted by Crippen LogP contribution is 2.36. The number of hydrogen-bond acceptors (Lipinski definition) is 4. The summed E-state index contributed by atoms with van der Waals surface area (Å²) in [5.41, 5.74) is 1.58. The summed E-state index contributed by atoms with van der Waals surface area (Å²) in [7, 11) is 0. The first-order valence-corrected chi connectivity index (χ1v) is 4.80. The van der Waals surface area contributed by atoms with Gasteiger partial charge in [-0.05, 0) is 28.1 Å². The summed E-state index contributed by atoms with van der Waals surface area (Å²) < 4.78 is 5.84. The number of nitriles is 1. The highest BCUT2D eigenvalue weighted by Gasteiger charge is 2.24. The van der Waals surface area contributed by atoms with Gasteiger partial charge in [-0.1, -0.05) is 0 Å². The summed E-state index contributed by atoms with van der Waals surface area (Å²) in [5.74, 6) is 0. The second-order valence-corrected chi connectivity index (χ2v) is 3.81. The van der Waals surface area contributed by atoms with Crippen molar-refractivity contribution in [3.8, 4) is 6.07 Å². The maximum atomic E-state index is 8.76. The molecule has 5 heteroatoms. The van der Waals surface area contributed by atoms with Gasteiger partial charge in [0, 0.05) is 6.20 Å². The molecule has 0 aromatic heterocycles. The van der Waals surface area contributed by atoms with Crippen LogP contribution in [0.4, 0.5) is 0 Å². The summed E-state index contributed by atoms with van der Waals surface area (Å²) in [5, 5.41) is 8.76.